The average molecular weight is 948 g/mol. The van der Waals surface area contributed by atoms with Crippen molar-refractivity contribution >= 4 is 106 Å². The number of aromatic hydroxyl groups is 1. The van der Waals surface area contributed by atoms with E-state index in [1.807, 2.05) is 0 Å². The Labute approximate surface area is 346 Å². The van der Waals surface area contributed by atoms with E-state index in [1.165, 1.54) is 61.7 Å². The van der Waals surface area contributed by atoms with Crippen molar-refractivity contribution in [1.82, 2.24) is 0 Å². The molecule has 0 atom stereocenters. The van der Waals surface area contributed by atoms with Gasteiger partial charge in [-0.2, -0.15) is 13.5 Å². The largest absolute Gasteiger partial charge is 0.505 e. The maximum atomic E-state index is 13.0. The molecule has 0 unspecified atom stereocenters. The van der Waals surface area contributed by atoms with Crippen LogP contribution in [0.2, 0.25) is 0 Å². The van der Waals surface area contributed by atoms with Crippen LogP contribution >= 0.6 is 36.7 Å². The molecule has 0 saturated heterocycles. The van der Waals surface area contributed by atoms with Crippen molar-refractivity contribution in [3.05, 3.63) is 60.7 Å². The molecule has 0 aliphatic heterocycles. The lowest BCUT2D eigenvalue weighted by Gasteiger charge is -2.14. The normalized spacial score (nSPS) is 12.6. The second-order valence-electron chi connectivity index (χ2n) is 10.7. The Hall–Kier alpha value is -3.84. The molecule has 322 valence electrons. The lowest BCUT2D eigenvalue weighted by Crippen LogP contribution is -2.13. The Morgan fingerprint density at radius 2 is 1.32 bits per heavy atom. The summed E-state index contributed by atoms with van der Waals surface area (Å²) < 4.78 is 112. The number of nitrogens with zero attached hydrogens (tertiary/aromatic N) is 4. The van der Waals surface area contributed by atoms with Crippen LogP contribution in [0, 0.1) is 0 Å². The van der Waals surface area contributed by atoms with Crippen LogP contribution in [0.15, 0.2) is 95.8 Å². The molecule has 4 aromatic carbocycles. The highest BCUT2D eigenvalue weighted by Crippen LogP contribution is 2.48. The summed E-state index contributed by atoms with van der Waals surface area (Å²) in [5, 5.41) is 66.2. The number of ether oxygens (including phenoxy) is 1. The van der Waals surface area contributed by atoms with E-state index >= 15 is 0 Å². The third-order valence-electron chi connectivity index (χ3n) is 7.10. The van der Waals surface area contributed by atoms with Gasteiger partial charge in [-0.1, -0.05) is 21.2 Å². The van der Waals surface area contributed by atoms with Crippen LogP contribution in [-0.2, 0) is 66.3 Å². The van der Waals surface area contributed by atoms with Crippen LogP contribution in [0.1, 0.15) is 0 Å². The standard InChI is InChI=1S/C28H29N5O20S6/c1-45-24-8-5-19(58(40,41)12-10-47-56-53-50-37)14-23(24)31-33-27-25(54-51-48-35)15-21-20(28(27)34)6-7-22(29-16-59(42,43)44)26(21)32-30-17-3-2-4-18(13-17)57(38,39)11-9-46-55-52-49-36/h2-8,13-15,29,34-37H,9-12,16H2,1H3,(H,42,43,44)/b32-30+,33-31+. The Kier molecular flexibility index (Phi) is 18.4. The second kappa shape index (κ2) is 22.7. The zero-order valence-electron chi connectivity index (χ0n) is 29.4. The quantitative estimate of drug-likeness (QED) is 0.0101. The average Bonchev–Trinajstić information content (AvgIpc) is 3.20. The van der Waals surface area contributed by atoms with Gasteiger partial charge >= 0.3 is 0 Å². The predicted molar refractivity (Wildman–Crippen MR) is 205 cm³/mol. The number of rotatable bonds is 25. The molecular weight excluding hydrogens is 919 g/mol. The van der Waals surface area contributed by atoms with Gasteiger partial charge in [0.05, 0.1) is 69.9 Å². The summed E-state index contributed by atoms with van der Waals surface area (Å²) in [5.41, 5.74) is -0.692. The van der Waals surface area contributed by atoms with Crippen LogP contribution in [0.4, 0.5) is 28.4 Å². The molecule has 0 aromatic heterocycles. The van der Waals surface area contributed by atoms with Gasteiger partial charge in [-0.3, -0.25) is 12.9 Å². The number of methoxy groups -OCH3 is 1. The maximum absolute atomic E-state index is 13.0. The maximum Gasteiger partial charge on any atom is 0.283 e. The van der Waals surface area contributed by atoms with E-state index < -0.39 is 52.9 Å². The van der Waals surface area contributed by atoms with Crippen LogP contribution < -0.4 is 10.1 Å². The van der Waals surface area contributed by atoms with Gasteiger partial charge in [-0.15, -0.1) is 28.3 Å². The fraction of sp³-hybridized carbons (Fsp3) is 0.214. The third kappa shape index (κ3) is 14.1. The number of hydrogen-bond donors (Lipinski definition) is 6. The van der Waals surface area contributed by atoms with Crippen molar-refractivity contribution in [2.24, 2.45) is 20.5 Å². The molecular formula is C28H29N5O20S6. The summed E-state index contributed by atoms with van der Waals surface area (Å²) in [5.74, 6) is -2.61. The Bertz CT molecular complexity index is 2460. The lowest BCUT2D eigenvalue weighted by molar-refractivity contribution is -0.434. The molecule has 0 aliphatic rings. The minimum atomic E-state index is -4.60. The first kappa shape index (κ1) is 47.8. The first-order chi connectivity index (χ1) is 28.1. The molecule has 0 heterocycles. The van der Waals surface area contributed by atoms with Gasteiger partial charge < -0.3 is 15.2 Å². The van der Waals surface area contributed by atoms with Gasteiger partial charge in [0.1, 0.15) is 28.7 Å². The second-order valence-corrected chi connectivity index (χ2v) is 18.1. The molecule has 4 aromatic rings. The Balaban J connectivity index is 1.79. The number of nitrogens with one attached hydrogen (secondary N) is 1. The highest BCUT2D eigenvalue weighted by atomic mass is 32.2. The zero-order chi connectivity index (χ0) is 43.1. The summed E-state index contributed by atoms with van der Waals surface area (Å²) in [7, 11) is -11.3. The monoisotopic (exact) mass is 947 g/mol. The first-order valence-corrected chi connectivity index (χ1v) is 22.4. The van der Waals surface area contributed by atoms with Crippen LogP contribution in [0.3, 0.4) is 0 Å². The molecule has 0 amide bonds. The molecule has 31 heteroatoms. The molecule has 0 bridgehead atoms. The summed E-state index contributed by atoms with van der Waals surface area (Å²) >= 11 is 0.691. The van der Waals surface area contributed by atoms with E-state index in [9.17, 15) is 34.9 Å². The fourth-order valence-corrected chi connectivity index (χ4v) is 8.28. The molecule has 6 N–H and O–H groups in total. The van der Waals surface area contributed by atoms with E-state index in [0.717, 1.165) is 6.07 Å². The predicted octanol–water partition coefficient (Wildman–Crippen LogP) is 6.62. The SMILES string of the molecule is COc1ccc(S(=O)(=O)CCOSOOO)cc1/N=N/c1c(SOOO)cc2c(/N=N/c3cccc(S(=O)(=O)CCOSOOO)c3)c(NCS(=O)(=O)O)ccc2c1O. The van der Waals surface area contributed by atoms with Crippen molar-refractivity contribution in [3.63, 3.8) is 0 Å². The van der Waals surface area contributed by atoms with Gasteiger partial charge in [0.15, 0.2) is 50.1 Å². The highest BCUT2D eigenvalue weighted by Gasteiger charge is 2.22. The minimum Gasteiger partial charge on any atom is -0.505 e. The minimum absolute atomic E-state index is 0.00714. The van der Waals surface area contributed by atoms with Crippen molar-refractivity contribution in [2.75, 3.05) is 43.0 Å². The molecule has 0 saturated carbocycles. The smallest absolute Gasteiger partial charge is 0.283 e. The van der Waals surface area contributed by atoms with Gasteiger partial charge in [0, 0.05) is 10.8 Å². The van der Waals surface area contributed by atoms with E-state index in [-0.39, 0.29) is 97.5 Å². The van der Waals surface area contributed by atoms with E-state index in [4.69, 9.17) is 28.9 Å². The number of anilines is 1. The summed E-state index contributed by atoms with van der Waals surface area (Å²) in [6.45, 7) is -0.745. The number of phenols is 1. The number of azo groups is 2. The number of sulfone groups is 2. The number of fused-ring (bicyclic) bond motifs is 1. The highest BCUT2D eigenvalue weighted by molar-refractivity contribution is 7.94. The lowest BCUT2D eigenvalue weighted by atomic mass is 10.1. The van der Waals surface area contributed by atoms with Crippen LogP contribution in [0.25, 0.3) is 10.8 Å². The first-order valence-electron chi connectivity index (χ1n) is 15.4. The molecule has 4 rings (SSSR count). The van der Waals surface area contributed by atoms with Crippen molar-refractivity contribution < 1.29 is 91.9 Å². The zero-order valence-corrected chi connectivity index (χ0v) is 34.3. The van der Waals surface area contributed by atoms with Crippen LogP contribution in [-0.4, -0.2) is 88.4 Å². The van der Waals surface area contributed by atoms with Crippen LogP contribution in [0.5, 0.6) is 11.5 Å². The van der Waals surface area contributed by atoms with Crippen molar-refractivity contribution in [1.29, 1.82) is 0 Å². The Morgan fingerprint density at radius 3 is 1.93 bits per heavy atom. The van der Waals surface area contributed by atoms with Crippen molar-refractivity contribution in [3.8, 4) is 11.5 Å². The van der Waals surface area contributed by atoms with Gasteiger partial charge in [-0.25, -0.2) is 32.6 Å². The molecule has 0 aliphatic carbocycles. The summed E-state index contributed by atoms with van der Waals surface area (Å²) in [6.07, 6.45) is 0. The fourth-order valence-electron chi connectivity index (χ4n) is 4.58. The topological polar surface area (TPSA) is 348 Å². The summed E-state index contributed by atoms with van der Waals surface area (Å²) in [6, 6.07) is 12.7. The van der Waals surface area contributed by atoms with E-state index in [2.05, 4.69) is 53.9 Å². The summed E-state index contributed by atoms with van der Waals surface area (Å²) in [4.78, 5) is -0.553. The van der Waals surface area contributed by atoms with Gasteiger partial charge in [0.25, 0.3) is 10.1 Å². The van der Waals surface area contributed by atoms with Gasteiger partial charge in [-0.05, 0) is 54.6 Å². The molecule has 59 heavy (non-hydrogen) atoms. The van der Waals surface area contributed by atoms with Gasteiger partial charge in [0.2, 0.25) is 0 Å². The molecule has 25 nitrogen and oxygen atoms in total. The molecule has 0 spiro atoms. The number of benzene rings is 4. The molecule has 0 radical (unpaired) electrons. The third-order valence-corrected chi connectivity index (χ3v) is 12.3. The van der Waals surface area contributed by atoms with Crippen molar-refractivity contribution in [2.45, 2.75) is 14.7 Å². The number of phenolic OH excluding ortho intramolecular Hbond substituents is 1. The number of hydrogen-bond acceptors (Lipinski definition) is 27. The van der Waals surface area contributed by atoms with E-state index in [0.29, 0.717) is 12.0 Å². The van der Waals surface area contributed by atoms with E-state index in [1.54, 1.807) is 0 Å². The Morgan fingerprint density at radius 1 is 0.695 bits per heavy atom. The molecule has 0 fully saturated rings.